The topological polar surface area (TPSA) is 54.9 Å². The molecule has 0 unspecified atom stereocenters. The van der Waals surface area contributed by atoms with E-state index in [2.05, 4.69) is 20.8 Å². The molecule has 2 rings (SSSR count). The lowest BCUT2D eigenvalue weighted by Gasteiger charge is -2.02. The molecule has 0 saturated heterocycles. The number of amides is 1. The van der Waals surface area contributed by atoms with Gasteiger partial charge < -0.3 is 5.32 Å². The summed E-state index contributed by atoms with van der Waals surface area (Å²) in [6, 6.07) is 7.08. The summed E-state index contributed by atoms with van der Waals surface area (Å²) in [6.45, 7) is 0. The van der Waals surface area contributed by atoms with E-state index in [1.54, 1.807) is 24.3 Å². The van der Waals surface area contributed by atoms with Crippen LogP contribution in [0.3, 0.4) is 0 Å². The molecule has 4 nitrogen and oxygen atoms in total. The van der Waals surface area contributed by atoms with Gasteiger partial charge in [-0.2, -0.15) is 0 Å². The molecule has 78 valence electrons. The van der Waals surface area contributed by atoms with Gasteiger partial charge in [0, 0.05) is 11.3 Å². The predicted molar refractivity (Wildman–Crippen MR) is 62.2 cm³/mol. The molecule has 0 aliphatic heterocycles. The molecule has 16 heavy (non-hydrogen) atoms. The second-order valence-corrected chi connectivity index (χ2v) is 3.75. The molecule has 0 radical (unpaired) electrons. The Morgan fingerprint density at radius 3 is 3.06 bits per heavy atom. The molecule has 1 aromatic heterocycles. The summed E-state index contributed by atoms with van der Waals surface area (Å²) < 4.78 is 3.62. The number of rotatable bonds is 2. The van der Waals surface area contributed by atoms with E-state index in [0.717, 1.165) is 17.1 Å². The summed E-state index contributed by atoms with van der Waals surface area (Å²) in [6.07, 6.45) is 6.69. The van der Waals surface area contributed by atoms with Crippen LogP contribution in [0.2, 0.25) is 0 Å². The zero-order valence-electron chi connectivity index (χ0n) is 8.18. The van der Waals surface area contributed by atoms with Gasteiger partial charge in [-0.15, -0.1) is 11.5 Å². The van der Waals surface area contributed by atoms with Crippen LogP contribution in [0.15, 0.2) is 30.5 Å². The molecule has 0 aliphatic rings. The summed E-state index contributed by atoms with van der Waals surface area (Å²) in [4.78, 5) is 12.1. The van der Waals surface area contributed by atoms with E-state index in [1.165, 1.54) is 6.20 Å². The second kappa shape index (κ2) is 4.55. The highest BCUT2D eigenvalue weighted by molar-refractivity contribution is 7.07. The van der Waals surface area contributed by atoms with E-state index < -0.39 is 0 Å². The lowest BCUT2D eigenvalue weighted by molar-refractivity contribution is 0.103. The zero-order valence-corrected chi connectivity index (χ0v) is 8.99. The standard InChI is InChI=1S/C11H7N3OS/c1-2-8-4-3-5-9(6-8)13-11(15)10-7-12-14-16-10/h1,3-7H,(H,13,15). The number of nitrogens with zero attached hydrogens (tertiary/aromatic N) is 2. The minimum Gasteiger partial charge on any atom is -0.321 e. The largest absolute Gasteiger partial charge is 0.321 e. The number of carbonyl (C=O) groups excluding carboxylic acids is 1. The SMILES string of the molecule is C#Cc1cccc(NC(=O)c2cnns2)c1. The van der Waals surface area contributed by atoms with Gasteiger partial charge in [0.2, 0.25) is 0 Å². The zero-order chi connectivity index (χ0) is 11.4. The number of carbonyl (C=O) groups is 1. The third-order valence-corrected chi connectivity index (χ3v) is 2.54. The number of terminal acetylenes is 1. The number of benzene rings is 1. The molecule has 0 bridgehead atoms. The van der Waals surface area contributed by atoms with Crippen LogP contribution in [-0.4, -0.2) is 15.5 Å². The van der Waals surface area contributed by atoms with Crippen molar-refractivity contribution < 1.29 is 4.79 Å². The van der Waals surface area contributed by atoms with Crippen LogP contribution >= 0.6 is 11.5 Å². The van der Waals surface area contributed by atoms with Crippen molar-refractivity contribution in [3.05, 3.63) is 40.9 Å². The first-order chi connectivity index (χ1) is 7.79. The normalized spacial score (nSPS) is 9.44. The summed E-state index contributed by atoms with van der Waals surface area (Å²) in [7, 11) is 0. The number of hydrogen-bond donors (Lipinski definition) is 1. The van der Waals surface area contributed by atoms with E-state index in [-0.39, 0.29) is 5.91 Å². The van der Waals surface area contributed by atoms with Crippen molar-refractivity contribution in [3.63, 3.8) is 0 Å². The maximum Gasteiger partial charge on any atom is 0.269 e. The Bertz CT molecular complexity index is 543. The first-order valence-electron chi connectivity index (χ1n) is 4.45. The Labute approximate surface area is 96.5 Å². The summed E-state index contributed by atoms with van der Waals surface area (Å²) in [5.41, 5.74) is 1.38. The molecule has 1 N–H and O–H groups in total. The molecule has 2 aromatic rings. The number of anilines is 1. The van der Waals surface area contributed by atoms with Crippen molar-refractivity contribution >= 4 is 23.1 Å². The van der Waals surface area contributed by atoms with E-state index in [4.69, 9.17) is 6.42 Å². The van der Waals surface area contributed by atoms with E-state index >= 15 is 0 Å². The summed E-state index contributed by atoms with van der Waals surface area (Å²) in [5.74, 6) is 2.27. The molecule has 5 heteroatoms. The van der Waals surface area contributed by atoms with Crippen molar-refractivity contribution in [3.8, 4) is 12.3 Å². The monoisotopic (exact) mass is 229 g/mol. The summed E-state index contributed by atoms with van der Waals surface area (Å²) in [5, 5.41) is 6.31. The average molecular weight is 229 g/mol. The van der Waals surface area contributed by atoms with Gasteiger partial charge in [0.15, 0.2) is 0 Å². The van der Waals surface area contributed by atoms with Crippen molar-refractivity contribution in [2.24, 2.45) is 0 Å². The Kier molecular flexibility index (Phi) is 2.94. The molecular formula is C11H7N3OS. The molecule has 0 spiro atoms. The van der Waals surface area contributed by atoms with Gasteiger partial charge in [-0.25, -0.2) is 0 Å². The number of nitrogens with one attached hydrogen (secondary N) is 1. The molecular weight excluding hydrogens is 222 g/mol. The molecule has 1 amide bonds. The third-order valence-electron chi connectivity index (χ3n) is 1.87. The highest BCUT2D eigenvalue weighted by Gasteiger charge is 2.08. The lowest BCUT2D eigenvalue weighted by atomic mass is 10.2. The highest BCUT2D eigenvalue weighted by atomic mass is 32.1. The van der Waals surface area contributed by atoms with E-state index in [1.807, 2.05) is 0 Å². The smallest absolute Gasteiger partial charge is 0.269 e. The Morgan fingerprint density at radius 2 is 2.38 bits per heavy atom. The Morgan fingerprint density at radius 1 is 1.50 bits per heavy atom. The molecule has 0 saturated carbocycles. The van der Waals surface area contributed by atoms with Gasteiger partial charge in [-0.1, -0.05) is 16.5 Å². The molecule has 1 aromatic carbocycles. The van der Waals surface area contributed by atoms with Crippen LogP contribution in [0.25, 0.3) is 0 Å². The Hall–Kier alpha value is -2.19. The van der Waals surface area contributed by atoms with Crippen molar-refractivity contribution in [2.75, 3.05) is 5.32 Å². The third kappa shape index (κ3) is 2.24. The fourth-order valence-corrected chi connectivity index (χ4v) is 1.56. The fourth-order valence-electron chi connectivity index (χ4n) is 1.15. The van der Waals surface area contributed by atoms with Crippen LogP contribution in [0.1, 0.15) is 15.2 Å². The maximum atomic E-state index is 11.6. The van der Waals surface area contributed by atoms with Gasteiger partial charge in [-0.05, 0) is 29.7 Å². The Balaban J connectivity index is 2.16. The van der Waals surface area contributed by atoms with Crippen molar-refractivity contribution in [2.45, 2.75) is 0 Å². The molecule has 0 fully saturated rings. The van der Waals surface area contributed by atoms with Crippen LogP contribution in [0, 0.1) is 12.3 Å². The summed E-state index contributed by atoms with van der Waals surface area (Å²) >= 11 is 1.05. The van der Waals surface area contributed by atoms with E-state index in [9.17, 15) is 4.79 Å². The highest BCUT2D eigenvalue weighted by Crippen LogP contribution is 2.12. The van der Waals surface area contributed by atoms with Gasteiger partial charge in [0.25, 0.3) is 5.91 Å². The molecule has 1 heterocycles. The van der Waals surface area contributed by atoms with Crippen LogP contribution < -0.4 is 5.32 Å². The fraction of sp³-hybridized carbons (Fsp3) is 0. The van der Waals surface area contributed by atoms with Gasteiger partial charge >= 0.3 is 0 Å². The predicted octanol–water partition coefficient (Wildman–Crippen LogP) is 1.77. The minimum absolute atomic E-state index is 0.232. The maximum absolute atomic E-state index is 11.6. The first-order valence-corrected chi connectivity index (χ1v) is 5.22. The van der Waals surface area contributed by atoms with Crippen LogP contribution in [0.4, 0.5) is 5.69 Å². The number of hydrogen-bond acceptors (Lipinski definition) is 4. The van der Waals surface area contributed by atoms with Gasteiger partial charge in [-0.3, -0.25) is 4.79 Å². The molecule has 0 atom stereocenters. The first kappa shape index (κ1) is 10.3. The molecule has 0 aliphatic carbocycles. The quantitative estimate of drug-likeness (QED) is 0.798. The minimum atomic E-state index is -0.232. The second-order valence-electron chi connectivity index (χ2n) is 2.96. The number of aromatic nitrogens is 2. The van der Waals surface area contributed by atoms with Crippen LogP contribution in [-0.2, 0) is 0 Å². The van der Waals surface area contributed by atoms with Gasteiger partial charge in [0.1, 0.15) is 4.88 Å². The van der Waals surface area contributed by atoms with Crippen molar-refractivity contribution in [1.82, 2.24) is 9.59 Å². The van der Waals surface area contributed by atoms with Gasteiger partial charge in [0.05, 0.1) is 6.20 Å². The van der Waals surface area contributed by atoms with Crippen molar-refractivity contribution in [1.29, 1.82) is 0 Å². The van der Waals surface area contributed by atoms with Crippen LogP contribution in [0.5, 0.6) is 0 Å². The average Bonchev–Trinajstić information content (AvgIpc) is 2.83. The lowest BCUT2D eigenvalue weighted by Crippen LogP contribution is -2.10. The van der Waals surface area contributed by atoms with E-state index in [0.29, 0.717) is 10.6 Å².